The molecule has 1 saturated heterocycles. The van der Waals surface area contributed by atoms with Crippen LogP contribution in [0, 0.1) is 0 Å². The Morgan fingerprint density at radius 1 is 1.14 bits per heavy atom. The number of benzene rings is 1. The molecule has 0 aliphatic carbocycles. The van der Waals surface area contributed by atoms with Gasteiger partial charge in [0.05, 0.1) is 5.69 Å². The summed E-state index contributed by atoms with van der Waals surface area (Å²) in [5.41, 5.74) is 0.311. The summed E-state index contributed by atoms with van der Waals surface area (Å²) in [5.74, 6) is 0. The zero-order valence-corrected chi connectivity index (χ0v) is 13.8. The van der Waals surface area contributed by atoms with Crippen molar-refractivity contribution in [3.8, 4) is 0 Å². The van der Waals surface area contributed by atoms with Crippen molar-refractivity contribution in [3.63, 3.8) is 0 Å². The van der Waals surface area contributed by atoms with E-state index in [0.29, 0.717) is 18.8 Å². The molecule has 1 fully saturated rings. The zero-order valence-electron chi connectivity index (χ0n) is 13.0. The Kier molecular flexibility index (Phi) is 5.42. The standard InChI is InChI=1S/C15H23N3O3S/c1-12(2)16-15(19)17-13-8-4-5-9-14(13)22(20,21)18-10-6-3-7-11-18/h4-5,8-9,12H,3,6-7,10-11H2,1-2H3,(H2,16,17,19). The van der Waals surface area contributed by atoms with E-state index in [1.54, 1.807) is 18.2 Å². The molecule has 2 rings (SSSR count). The smallest absolute Gasteiger partial charge is 0.319 e. The van der Waals surface area contributed by atoms with E-state index in [9.17, 15) is 13.2 Å². The van der Waals surface area contributed by atoms with Crippen LogP contribution in [0.25, 0.3) is 0 Å². The first kappa shape index (κ1) is 16.8. The number of hydrogen-bond acceptors (Lipinski definition) is 3. The first-order chi connectivity index (χ1) is 10.4. The highest BCUT2D eigenvalue weighted by Crippen LogP contribution is 2.26. The third-order valence-electron chi connectivity index (χ3n) is 3.49. The van der Waals surface area contributed by atoms with Gasteiger partial charge in [-0.05, 0) is 38.8 Å². The van der Waals surface area contributed by atoms with Gasteiger partial charge in [0, 0.05) is 19.1 Å². The minimum atomic E-state index is -3.58. The third-order valence-corrected chi connectivity index (χ3v) is 5.44. The molecule has 122 valence electrons. The van der Waals surface area contributed by atoms with Crippen LogP contribution in [-0.4, -0.2) is 37.9 Å². The number of nitrogens with zero attached hydrogens (tertiary/aromatic N) is 1. The average molecular weight is 325 g/mol. The summed E-state index contributed by atoms with van der Waals surface area (Å²) in [5, 5.41) is 5.32. The Morgan fingerprint density at radius 3 is 2.41 bits per heavy atom. The van der Waals surface area contributed by atoms with Crippen molar-refractivity contribution in [2.45, 2.75) is 44.0 Å². The molecule has 0 atom stereocenters. The third kappa shape index (κ3) is 3.98. The molecule has 1 aromatic rings. The van der Waals surface area contributed by atoms with Crippen molar-refractivity contribution < 1.29 is 13.2 Å². The van der Waals surface area contributed by atoms with Crippen molar-refractivity contribution in [1.29, 1.82) is 0 Å². The molecule has 1 aliphatic heterocycles. The van der Waals surface area contributed by atoms with Crippen molar-refractivity contribution in [3.05, 3.63) is 24.3 Å². The Hall–Kier alpha value is -1.60. The highest BCUT2D eigenvalue weighted by Gasteiger charge is 2.28. The van der Waals surface area contributed by atoms with Gasteiger partial charge in [-0.25, -0.2) is 13.2 Å². The van der Waals surface area contributed by atoms with E-state index in [1.165, 1.54) is 10.4 Å². The molecule has 6 nitrogen and oxygen atoms in total. The second-order valence-corrected chi connectivity index (χ2v) is 7.62. The Balaban J connectivity index is 2.25. The van der Waals surface area contributed by atoms with Crippen LogP contribution in [0.3, 0.4) is 0 Å². The van der Waals surface area contributed by atoms with Gasteiger partial charge in [0.25, 0.3) is 0 Å². The lowest BCUT2D eigenvalue weighted by Gasteiger charge is -2.26. The predicted molar refractivity (Wildman–Crippen MR) is 86.3 cm³/mol. The number of sulfonamides is 1. The topological polar surface area (TPSA) is 78.5 Å². The second-order valence-electron chi connectivity index (χ2n) is 5.71. The van der Waals surface area contributed by atoms with Gasteiger partial charge in [-0.1, -0.05) is 18.6 Å². The summed E-state index contributed by atoms with van der Waals surface area (Å²) < 4.78 is 27.0. The van der Waals surface area contributed by atoms with E-state index in [2.05, 4.69) is 10.6 Å². The maximum absolute atomic E-state index is 12.8. The molecule has 0 aromatic heterocycles. The van der Waals surface area contributed by atoms with Crippen LogP contribution in [0.1, 0.15) is 33.1 Å². The van der Waals surface area contributed by atoms with Gasteiger partial charge in [0.15, 0.2) is 0 Å². The fourth-order valence-electron chi connectivity index (χ4n) is 2.46. The highest BCUT2D eigenvalue weighted by molar-refractivity contribution is 7.89. The molecule has 0 radical (unpaired) electrons. The SMILES string of the molecule is CC(C)NC(=O)Nc1ccccc1S(=O)(=O)N1CCCCC1. The molecular weight excluding hydrogens is 302 g/mol. The molecule has 1 aliphatic rings. The molecule has 0 saturated carbocycles. The number of para-hydroxylation sites is 1. The molecule has 1 heterocycles. The van der Waals surface area contributed by atoms with E-state index in [1.807, 2.05) is 13.8 Å². The highest BCUT2D eigenvalue weighted by atomic mass is 32.2. The fraction of sp³-hybridized carbons (Fsp3) is 0.533. The number of carbonyl (C=O) groups is 1. The van der Waals surface area contributed by atoms with Gasteiger partial charge >= 0.3 is 6.03 Å². The monoisotopic (exact) mass is 325 g/mol. The molecule has 22 heavy (non-hydrogen) atoms. The Morgan fingerprint density at radius 2 is 1.77 bits per heavy atom. The number of piperidine rings is 1. The Labute approximate surface area is 131 Å². The number of amides is 2. The van der Waals surface area contributed by atoms with Crippen LogP contribution in [0.4, 0.5) is 10.5 Å². The van der Waals surface area contributed by atoms with E-state index in [-0.39, 0.29) is 10.9 Å². The maximum Gasteiger partial charge on any atom is 0.319 e. The molecule has 0 spiro atoms. The second kappa shape index (κ2) is 7.11. The summed E-state index contributed by atoms with van der Waals surface area (Å²) in [6.45, 7) is 4.76. The summed E-state index contributed by atoms with van der Waals surface area (Å²) >= 11 is 0. The van der Waals surface area contributed by atoms with Crippen molar-refractivity contribution in [2.75, 3.05) is 18.4 Å². The predicted octanol–water partition coefficient (Wildman–Crippen LogP) is 2.39. The number of rotatable bonds is 4. The Bertz CT molecular complexity index is 623. The lowest BCUT2D eigenvalue weighted by Crippen LogP contribution is -2.37. The lowest BCUT2D eigenvalue weighted by atomic mass is 10.2. The fourth-order valence-corrected chi connectivity index (χ4v) is 4.12. The van der Waals surface area contributed by atoms with E-state index in [0.717, 1.165) is 19.3 Å². The van der Waals surface area contributed by atoms with Crippen LogP contribution in [0.15, 0.2) is 29.2 Å². The zero-order chi connectivity index (χ0) is 16.2. The first-order valence-corrected chi connectivity index (χ1v) is 9.02. The van der Waals surface area contributed by atoms with Crippen molar-refractivity contribution >= 4 is 21.7 Å². The minimum absolute atomic E-state index is 0.0223. The summed E-state index contributed by atoms with van der Waals surface area (Å²) in [4.78, 5) is 12.0. The largest absolute Gasteiger partial charge is 0.336 e. The van der Waals surface area contributed by atoms with Gasteiger partial charge in [-0.15, -0.1) is 0 Å². The maximum atomic E-state index is 12.8. The van der Waals surface area contributed by atoms with Gasteiger partial charge in [-0.2, -0.15) is 4.31 Å². The average Bonchev–Trinajstić information content (AvgIpc) is 2.47. The number of anilines is 1. The lowest BCUT2D eigenvalue weighted by molar-refractivity contribution is 0.250. The quantitative estimate of drug-likeness (QED) is 0.892. The molecule has 1 aromatic carbocycles. The van der Waals surface area contributed by atoms with Gasteiger partial charge in [-0.3, -0.25) is 0 Å². The number of carbonyl (C=O) groups excluding carboxylic acids is 1. The van der Waals surface area contributed by atoms with E-state index < -0.39 is 16.1 Å². The van der Waals surface area contributed by atoms with Crippen LogP contribution in [-0.2, 0) is 10.0 Å². The molecule has 2 amide bonds. The summed E-state index contributed by atoms with van der Waals surface area (Å²) in [7, 11) is -3.58. The van der Waals surface area contributed by atoms with Crippen molar-refractivity contribution in [2.24, 2.45) is 0 Å². The van der Waals surface area contributed by atoms with E-state index in [4.69, 9.17) is 0 Å². The van der Waals surface area contributed by atoms with Crippen molar-refractivity contribution in [1.82, 2.24) is 9.62 Å². The normalized spacial score (nSPS) is 16.5. The van der Waals surface area contributed by atoms with Crippen LogP contribution in [0.2, 0.25) is 0 Å². The summed E-state index contributed by atoms with van der Waals surface area (Å²) in [6.07, 6.45) is 2.81. The summed E-state index contributed by atoms with van der Waals surface area (Å²) in [6, 6.07) is 6.09. The number of nitrogens with one attached hydrogen (secondary N) is 2. The molecular formula is C15H23N3O3S. The first-order valence-electron chi connectivity index (χ1n) is 7.58. The van der Waals surface area contributed by atoms with Crippen LogP contribution in [0.5, 0.6) is 0 Å². The van der Waals surface area contributed by atoms with Gasteiger partial charge < -0.3 is 10.6 Å². The molecule has 7 heteroatoms. The van der Waals surface area contributed by atoms with Crippen LogP contribution >= 0.6 is 0 Å². The molecule has 0 unspecified atom stereocenters. The minimum Gasteiger partial charge on any atom is -0.336 e. The molecule has 0 bridgehead atoms. The van der Waals surface area contributed by atoms with Gasteiger partial charge in [0.1, 0.15) is 4.90 Å². The number of urea groups is 1. The van der Waals surface area contributed by atoms with E-state index >= 15 is 0 Å². The van der Waals surface area contributed by atoms with Gasteiger partial charge in [0.2, 0.25) is 10.0 Å². The van der Waals surface area contributed by atoms with Crippen LogP contribution < -0.4 is 10.6 Å². The molecule has 2 N–H and O–H groups in total. The number of hydrogen-bond donors (Lipinski definition) is 2.